The minimum Gasteiger partial charge on any atom is -0.374 e. The molecular weight excluding hydrogens is 372 g/mol. The number of primary amides is 1. The Balaban J connectivity index is 1.67. The summed E-state index contributed by atoms with van der Waals surface area (Å²) in [7, 11) is 0. The Morgan fingerprint density at radius 3 is 2.69 bits per heavy atom. The van der Waals surface area contributed by atoms with E-state index in [-0.39, 0.29) is 12.5 Å². The zero-order chi connectivity index (χ0) is 18.5. The second-order valence-electron chi connectivity index (χ2n) is 6.14. The van der Waals surface area contributed by atoms with Crippen LogP contribution in [0.1, 0.15) is 29.6 Å². The van der Waals surface area contributed by atoms with E-state index in [0.717, 1.165) is 37.3 Å². The van der Waals surface area contributed by atoms with Crippen LogP contribution in [-0.4, -0.2) is 31.4 Å². The molecule has 6 nitrogen and oxygen atoms in total. The van der Waals surface area contributed by atoms with E-state index >= 15 is 0 Å². The van der Waals surface area contributed by atoms with Gasteiger partial charge in [0, 0.05) is 18.1 Å². The van der Waals surface area contributed by atoms with Crippen molar-refractivity contribution in [1.29, 1.82) is 0 Å². The third kappa shape index (κ3) is 4.47. The molecule has 0 aliphatic carbocycles. The van der Waals surface area contributed by atoms with E-state index in [9.17, 15) is 9.59 Å². The minimum atomic E-state index is -0.559. The fraction of sp³-hybridized carbons (Fsp3) is 0.333. The maximum Gasteiger partial charge on any atom is 0.251 e. The van der Waals surface area contributed by atoms with Gasteiger partial charge in [-0.25, -0.2) is 0 Å². The van der Waals surface area contributed by atoms with Crippen molar-refractivity contribution in [1.82, 2.24) is 0 Å². The van der Waals surface area contributed by atoms with E-state index in [1.807, 2.05) is 18.2 Å². The maximum absolute atomic E-state index is 12.3. The first kappa shape index (κ1) is 18.5. The lowest BCUT2D eigenvalue weighted by atomic mass is 10.1. The van der Waals surface area contributed by atoms with Crippen LogP contribution >= 0.6 is 22.9 Å². The molecule has 4 N–H and O–H groups in total. The van der Waals surface area contributed by atoms with Crippen LogP contribution in [-0.2, 0) is 4.79 Å². The van der Waals surface area contributed by atoms with E-state index in [1.165, 1.54) is 17.8 Å². The molecule has 1 aliphatic heterocycles. The molecule has 8 heteroatoms. The Bertz CT molecular complexity index is 802. The third-order valence-electron chi connectivity index (χ3n) is 4.28. The topological polar surface area (TPSA) is 87.5 Å². The zero-order valence-corrected chi connectivity index (χ0v) is 15.8. The monoisotopic (exact) mass is 392 g/mol. The van der Waals surface area contributed by atoms with E-state index in [0.29, 0.717) is 15.6 Å². The number of nitrogens with one attached hydrogen (secondary N) is 2. The molecule has 0 bridgehead atoms. The number of hydrogen-bond donors (Lipinski definition) is 3. The van der Waals surface area contributed by atoms with Gasteiger partial charge in [-0.1, -0.05) is 11.6 Å². The Labute approximate surface area is 161 Å². The first-order valence-electron chi connectivity index (χ1n) is 8.50. The lowest BCUT2D eigenvalue weighted by molar-refractivity contribution is -0.114. The number of nitrogens with two attached hydrogens (primary N) is 1. The average Bonchev–Trinajstić information content (AvgIpc) is 3.09. The molecule has 0 saturated carbocycles. The smallest absolute Gasteiger partial charge is 0.251 e. The Morgan fingerprint density at radius 2 is 1.96 bits per heavy atom. The second-order valence-corrected chi connectivity index (χ2v) is 7.49. The molecule has 3 rings (SSSR count). The quantitative estimate of drug-likeness (QED) is 0.701. The number of thiophene rings is 1. The summed E-state index contributed by atoms with van der Waals surface area (Å²) < 4.78 is 0. The van der Waals surface area contributed by atoms with Gasteiger partial charge in [-0.05, 0) is 48.9 Å². The molecule has 0 unspecified atom stereocenters. The van der Waals surface area contributed by atoms with Crippen LogP contribution in [0.5, 0.6) is 0 Å². The average molecular weight is 393 g/mol. The van der Waals surface area contributed by atoms with Gasteiger partial charge in [0.15, 0.2) is 0 Å². The molecule has 2 aromatic rings. The predicted molar refractivity (Wildman–Crippen MR) is 107 cm³/mol. The van der Waals surface area contributed by atoms with Crippen molar-refractivity contribution in [3.05, 3.63) is 40.2 Å². The Morgan fingerprint density at radius 1 is 1.19 bits per heavy atom. The van der Waals surface area contributed by atoms with Gasteiger partial charge in [0.2, 0.25) is 5.91 Å². The van der Waals surface area contributed by atoms with Crippen LogP contribution in [0, 0.1) is 0 Å². The summed E-state index contributed by atoms with van der Waals surface area (Å²) in [6.07, 6.45) is 3.58. The largest absolute Gasteiger partial charge is 0.374 e. The summed E-state index contributed by atoms with van der Waals surface area (Å²) in [5, 5.41) is 8.68. The number of benzene rings is 1. The first-order valence-corrected chi connectivity index (χ1v) is 9.76. The van der Waals surface area contributed by atoms with E-state index in [1.54, 1.807) is 11.4 Å². The number of nitrogens with zero attached hydrogens (tertiary/aromatic N) is 1. The number of rotatable bonds is 6. The van der Waals surface area contributed by atoms with Gasteiger partial charge in [-0.2, -0.15) is 0 Å². The molecule has 1 aliphatic rings. The number of carbonyl (C=O) groups excluding carboxylic acids is 2. The SMILES string of the molecule is NC(=O)c1ccsc1NC(=O)CNc1cc(Cl)ccc1N1CCCCC1. The molecule has 138 valence electrons. The van der Waals surface area contributed by atoms with Crippen molar-refractivity contribution in [3.63, 3.8) is 0 Å². The van der Waals surface area contributed by atoms with Crippen molar-refractivity contribution < 1.29 is 9.59 Å². The molecule has 1 fully saturated rings. The van der Waals surface area contributed by atoms with Crippen LogP contribution < -0.4 is 21.3 Å². The number of hydrogen-bond acceptors (Lipinski definition) is 5. The molecule has 1 saturated heterocycles. The van der Waals surface area contributed by atoms with Crippen molar-refractivity contribution in [2.45, 2.75) is 19.3 Å². The number of carbonyl (C=O) groups is 2. The van der Waals surface area contributed by atoms with Gasteiger partial charge in [0.25, 0.3) is 5.91 Å². The van der Waals surface area contributed by atoms with Crippen LogP contribution in [0.2, 0.25) is 5.02 Å². The molecule has 1 aromatic carbocycles. The third-order valence-corrected chi connectivity index (χ3v) is 5.34. The minimum absolute atomic E-state index is 0.0668. The summed E-state index contributed by atoms with van der Waals surface area (Å²) in [5.41, 5.74) is 7.50. The van der Waals surface area contributed by atoms with Crippen LogP contribution in [0.4, 0.5) is 16.4 Å². The Hall–Kier alpha value is -2.25. The van der Waals surface area contributed by atoms with Crippen LogP contribution in [0.25, 0.3) is 0 Å². The number of piperidine rings is 1. The van der Waals surface area contributed by atoms with E-state index < -0.39 is 5.91 Å². The normalized spacial score (nSPS) is 14.1. The lowest BCUT2D eigenvalue weighted by Gasteiger charge is -2.30. The molecule has 0 radical (unpaired) electrons. The van der Waals surface area contributed by atoms with Crippen molar-refractivity contribution in [3.8, 4) is 0 Å². The molecule has 0 atom stereocenters. The molecule has 2 amide bonds. The van der Waals surface area contributed by atoms with Gasteiger partial charge >= 0.3 is 0 Å². The van der Waals surface area contributed by atoms with Crippen LogP contribution in [0.3, 0.4) is 0 Å². The summed E-state index contributed by atoms with van der Waals surface area (Å²) in [5.74, 6) is -0.809. The summed E-state index contributed by atoms with van der Waals surface area (Å²) in [4.78, 5) is 25.9. The number of amides is 2. The number of halogens is 1. The highest BCUT2D eigenvalue weighted by atomic mass is 35.5. The predicted octanol–water partition coefficient (Wildman–Crippen LogP) is 3.54. The Kier molecular flexibility index (Phi) is 6.00. The first-order chi connectivity index (χ1) is 12.5. The van der Waals surface area contributed by atoms with Crippen molar-refractivity contribution >= 4 is 51.1 Å². The number of anilines is 3. The molecule has 1 aromatic heterocycles. The highest BCUT2D eigenvalue weighted by molar-refractivity contribution is 7.14. The fourth-order valence-electron chi connectivity index (χ4n) is 3.01. The van der Waals surface area contributed by atoms with E-state index in [4.69, 9.17) is 17.3 Å². The van der Waals surface area contributed by atoms with Crippen molar-refractivity contribution in [2.24, 2.45) is 5.73 Å². The fourth-order valence-corrected chi connectivity index (χ4v) is 3.99. The van der Waals surface area contributed by atoms with Gasteiger partial charge in [0.05, 0.1) is 23.5 Å². The van der Waals surface area contributed by atoms with Crippen LogP contribution in [0.15, 0.2) is 29.6 Å². The summed E-state index contributed by atoms with van der Waals surface area (Å²) in [6, 6.07) is 7.28. The highest BCUT2D eigenvalue weighted by Gasteiger charge is 2.16. The summed E-state index contributed by atoms with van der Waals surface area (Å²) in [6.45, 7) is 2.07. The van der Waals surface area contributed by atoms with E-state index in [2.05, 4.69) is 15.5 Å². The zero-order valence-electron chi connectivity index (χ0n) is 14.3. The standard InChI is InChI=1S/C18H21ClN4O2S/c19-12-4-5-15(23-7-2-1-3-8-23)14(10-12)21-11-16(24)22-18-13(17(20)25)6-9-26-18/h4-6,9-10,21H,1-3,7-8,11H2,(H2,20,25)(H,22,24). The molecule has 2 heterocycles. The van der Waals surface area contributed by atoms with Gasteiger partial charge in [-0.15, -0.1) is 11.3 Å². The molecule has 0 spiro atoms. The maximum atomic E-state index is 12.3. The molecular formula is C18H21ClN4O2S. The van der Waals surface area contributed by atoms with Gasteiger partial charge in [0.1, 0.15) is 5.00 Å². The highest BCUT2D eigenvalue weighted by Crippen LogP contribution is 2.31. The second kappa shape index (κ2) is 8.42. The van der Waals surface area contributed by atoms with Gasteiger partial charge in [-0.3, -0.25) is 9.59 Å². The van der Waals surface area contributed by atoms with Gasteiger partial charge < -0.3 is 21.3 Å². The lowest BCUT2D eigenvalue weighted by Crippen LogP contribution is -2.30. The summed E-state index contributed by atoms with van der Waals surface area (Å²) >= 11 is 7.40. The molecule has 26 heavy (non-hydrogen) atoms. The van der Waals surface area contributed by atoms with Crippen molar-refractivity contribution in [2.75, 3.05) is 35.2 Å².